The van der Waals surface area contributed by atoms with Crippen molar-refractivity contribution in [1.29, 1.82) is 0 Å². The van der Waals surface area contributed by atoms with E-state index in [0.717, 1.165) is 22.4 Å². The lowest BCUT2D eigenvalue weighted by molar-refractivity contribution is 0.299. The molecule has 0 fully saturated rings. The van der Waals surface area contributed by atoms with Crippen LogP contribution in [0.15, 0.2) is 42.5 Å². The Labute approximate surface area is 95.4 Å². The number of hydrogen-bond acceptors (Lipinski definition) is 2. The number of benzene rings is 2. The Morgan fingerprint density at radius 1 is 1.00 bits per heavy atom. The van der Waals surface area contributed by atoms with Gasteiger partial charge >= 0.3 is 0 Å². The van der Waals surface area contributed by atoms with Crippen LogP contribution in [0.1, 0.15) is 5.56 Å². The molecular formula is C14H14NO. The molecule has 0 aliphatic rings. The van der Waals surface area contributed by atoms with Crippen LogP contribution in [0.3, 0.4) is 0 Å². The van der Waals surface area contributed by atoms with Gasteiger partial charge in [-0.25, -0.2) is 0 Å². The number of anilines is 1. The average molecular weight is 212 g/mol. The summed E-state index contributed by atoms with van der Waals surface area (Å²) >= 11 is 0. The number of aliphatic hydroxyl groups is 1. The molecule has 1 radical (unpaired) electrons. The van der Waals surface area contributed by atoms with Crippen LogP contribution in [0.5, 0.6) is 0 Å². The molecule has 0 amide bonds. The van der Waals surface area contributed by atoms with Crippen LogP contribution in [-0.4, -0.2) is 11.7 Å². The minimum atomic E-state index is 0.164. The van der Waals surface area contributed by atoms with Gasteiger partial charge < -0.3 is 10.8 Å². The summed E-state index contributed by atoms with van der Waals surface area (Å²) in [7, 11) is 0. The summed E-state index contributed by atoms with van der Waals surface area (Å²) in [4.78, 5) is 0. The van der Waals surface area contributed by atoms with Crippen LogP contribution < -0.4 is 5.73 Å². The topological polar surface area (TPSA) is 46.2 Å². The van der Waals surface area contributed by atoms with E-state index in [-0.39, 0.29) is 6.61 Å². The van der Waals surface area contributed by atoms with Gasteiger partial charge in [0.05, 0.1) is 0 Å². The zero-order valence-corrected chi connectivity index (χ0v) is 8.98. The van der Waals surface area contributed by atoms with E-state index in [4.69, 9.17) is 10.8 Å². The summed E-state index contributed by atoms with van der Waals surface area (Å²) in [6, 6.07) is 16.9. The van der Waals surface area contributed by atoms with Crippen LogP contribution in [0, 0.1) is 6.07 Å². The minimum Gasteiger partial charge on any atom is -0.399 e. The first-order valence-electron chi connectivity index (χ1n) is 5.27. The molecular weight excluding hydrogens is 198 g/mol. The molecule has 0 aromatic heterocycles. The molecule has 0 saturated carbocycles. The Kier molecular flexibility index (Phi) is 3.22. The van der Waals surface area contributed by atoms with Gasteiger partial charge in [0, 0.05) is 12.3 Å². The maximum Gasteiger partial charge on any atom is 0.0471 e. The Morgan fingerprint density at radius 2 is 1.69 bits per heavy atom. The average Bonchev–Trinajstić information content (AvgIpc) is 2.32. The first kappa shape index (κ1) is 10.7. The van der Waals surface area contributed by atoms with Gasteiger partial charge in [-0.2, -0.15) is 0 Å². The van der Waals surface area contributed by atoms with E-state index in [1.54, 1.807) is 0 Å². The van der Waals surface area contributed by atoms with Crippen molar-refractivity contribution in [2.24, 2.45) is 0 Å². The summed E-state index contributed by atoms with van der Waals surface area (Å²) < 4.78 is 0. The molecule has 81 valence electrons. The summed E-state index contributed by atoms with van der Waals surface area (Å²) in [5.74, 6) is 0. The standard InChI is InChI=1S/C14H14NO/c15-14-7-5-13(6-8-14)12-3-1-11(2-4-12)9-10-16/h1,3-8,16H,9-10,15H2. The van der Waals surface area contributed by atoms with E-state index >= 15 is 0 Å². The molecule has 2 nitrogen and oxygen atoms in total. The number of nitrogens with two attached hydrogens (primary N) is 1. The molecule has 0 saturated heterocycles. The molecule has 16 heavy (non-hydrogen) atoms. The van der Waals surface area contributed by atoms with Crippen molar-refractivity contribution in [3.05, 3.63) is 54.1 Å². The van der Waals surface area contributed by atoms with Crippen molar-refractivity contribution >= 4 is 5.69 Å². The van der Waals surface area contributed by atoms with Gasteiger partial charge in [0.15, 0.2) is 0 Å². The maximum atomic E-state index is 8.80. The molecule has 2 heteroatoms. The van der Waals surface area contributed by atoms with Crippen molar-refractivity contribution in [3.8, 4) is 11.1 Å². The monoisotopic (exact) mass is 212 g/mol. The van der Waals surface area contributed by atoms with Gasteiger partial charge in [0.2, 0.25) is 0 Å². The highest BCUT2D eigenvalue weighted by atomic mass is 16.2. The number of hydrogen-bond donors (Lipinski definition) is 2. The third-order valence-corrected chi connectivity index (χ3v) is 2.50. The van der Waals surface area contributed by atoms with Crippen LogP contribution >= 0.6 is 0 Å². The zero-order valence-electron chi connectivity index (χ0n) is 8.98. The molecule has 0 spiro atoms. The molecule has 3 N–H and O–H groups in total. The molecule has 0 unspecified atom stereocenters. The van der Waals surface area contributed by atoms with Crippen molar-refractivity contribution in [2.45, 2.75) is 6.42 Å². The van der Waals surface area contributed by atoms with E-state index in [1.165, 1.54) is 0 Å². The predicted molar refractivity (Wildman–Crippen MR) is 65.9 cm³/mol. The first-order valence-corrected chi connectivity index (χ1v) is 5.27. The lowest BCUT2D eigenvalue weighted by Crippen LogP contribution is -1.90. The van der Waals surface area contributed by atoms with E-state index in [2.05, 4.69) is 6.07 Å². The highest BCUT2D eigenvalue weighted by Crippen LogP contribution is 2.20. The van der Waals surface area contributed by atoms with E-state index in [0.29, 0.717) is 6.42 Å². The number of aliphatic hydroxyl groups excluding tert-OH is 1. The maximum absolute atomic E-state index is 8.80. The third kappa shape index (κ3) is 2.41. The van der Waals surface area contributed by atoms with Crippen molar-refractivity contribution in [3.63, 3.8) is 0 Å². The first-order chi connectivity index (χ1) is 7.79. The van der Waals surface area contributed by atoms with E-state index < -0.39 is 0 Å². The highest BCUT2D eigenvalue weighted by Gasteiger charge is 1.98. The zero-order chi connectivity index (χ0) is 11.4. The number of rotatable bonds is 3. The normalized spacial score (nSPS) is 10.3. The Bertz CT molecular complexity index is 445. The van der Waals surface area contributed by atoms with Gasteiger partial charge in [-0.1, -0.05) is 24.3 Å². The molecule has 0 bridgehead atoms. The fourth-order valence-corrected chi connectivity index (χ4v) is 1.59. The fourth-order valence-electron chi connectivity index (χ4n) is 1.59. The van der Waals surface area contributed by atoms with Crippen LogP contribution in [-0.2, 0) is 6.42 Å². The van der Waals surface area contributed by atoms with Crippen molar-refractivity contribution in [2.75, 3.05) is 12.3 Å². The Hall–Kier alpha value is -1.80. The molecule has 0 aliphatic heterocycles. The molecule has 2 aromatic rings. The van der Waals surface area contributed by atoms with Gasteiger partial charge in [-0.05, 0) is 47.4 Å². The van der Waals surface area contributed by atoms with Gasteiger partial charge in [-0.15, -0.1) is 0 Å². The second-order valence-electron chi connectivity index (χ2n) is 3.70. The SMILES string of the molecule is Nc1ccc(-c2c[c]c(CCO)cc2)cc1. The Morgan fingerprint density at radius 3 is 2.25 bits per heavy atom. The molecule has 0 atom stereocenters. The lowest BCUT2D eigenvalue weighted by Gasteiger charge is -2.03. The largest absolute Gasteiger partial charge is 0.399 e. The molecule has 0 heterocycles. The molecule has 2 aromatic carbocycles. The molecule has 0 aliphatic carbocycles. The second kappa shape index (κ2) is 4.81. The summed E-state index contributed by atoms with van der Waals surface area (Å²) in [6.07, 6.45) is 0.655. The van der Waals surface area contributed by atoms with Gasteiger partial charge in [-0.3, -0.25) is 0 Å². The van der Waals surface area contributed by atoms with E-state index in [9.17, 15) is 0 Å². The predicted octanol–water partition coefficient (Wildman–Crippen LogP) is 2.27. The molecule has 2 rings (SSSR count). The lowest BCUT2D eigenvalue weighted by atomic mass is 10.0. The van der Waals surface area contributed by atoms with E-state index in [1.807, 2.05) is 42.5 Å². The smallest absolute Gasteiger partial charge is 0.0471 e. The second-order valence-corrected chi connectivity index (χ2v) is 3.70. The van der Waals surface area contributed by atoms with Crippen LogP contribution in [0.2, 0.25) is 0 Å². The van der Waals surface area contributed by atoms with Crippen molar-refractivity contribution < 1.29 is 5.11 Å². The fraction of sp³-hybridized carbons (Fsp3) is 0.143. The quantitative estimate of drug-likeness (QED) is 0.767. The summed E-state index contributed by atoms with van der Waals surface area (Å²) in [5.41, 5.74) is 9.67. The van der Waals surface area contributed by atoms with Crippen LogP contribution in [0.4, 0.5) is 5.69 Å². The van der Waals surface area contributed by atoms with Crippen LogP contribution in [0.25, 0.3) is 11.1 Å². The van der Waals surface area contributed by atoms with Crippen molar-refractivity contribution in [1.82, 2.24) is 0 Å². The minimum absolute atomic E-state index is 0.164. The Balaban J connectivity index is 2.24. The van der Waals surface area contributed by atoms with Gasteiger partial charge in [0.1, 0.15) is 0 Å². The number of nitrogen functional groups attached to an aromatic ring is 1. The summed E-state index contributed by atoms with van der Waals surface area (Å²) in [6.45, 7) is 0.164. The van der Waals surface area contributed by atoms with Gasteiger partial charge in [0.25, 0.3) is 0 Å². The highest BCUT2D eigenvalue weighted by molar-refractivity contribution is 5.65. The summed E-state index contributed by atoms with van der Waals surface area (Å²) in [5, 5.41) is 8.80. The third-order valence-electron chi connectivity index (χ3n) is 2.50.